The first-order valence-corrected chi connectivity index (χ1v) is 8.00. The number of anilines is 1. The molecule has 0 bridgehead atoms. The molecule has 24 heavy (non-hydrogen) atoms. The van der Waals surface area contributed by atoms with E-state index < -0.39 is 0 Å². The van der Waals surface area contributed by atoms with E-state index in [-0.39, 0.29) is 12.0 Å². The normalized spacial score (nSPS) is 17.4. The van der Waals surface area contributed by atoms with E-state index in [9.17, 15) is 4.79 Å². The fraction of sp³-hybridized carbons (Fsp3) is 0.412. The summed E-state index contributed by atoms with van der Waals surface area (Å²) in [5.74, 6) is 1.13. The van der Waals surface area contributed by atoms with Crippen LogP contribution >= 0.6 is 0 Å². The zero-order valence-corrected chi connectivity index (χ0v) is 13.9. The molecule has 1 fully saturated rings. The predicted molar refractivity (Wildman–Crippen MR) is 90.1 cm³/mol. The van der Waals surface area contributed by atoms with E-state index in [1.54, 1.807) is 35.6 Å². The molecule has 7 nitrogen and oxygen atoms in total. The fourth-order valence-electron chi connectivity index (χ4n) is 2.74. The molecule has 1 aliphatic rings. The summed E-state index contributed by atoms with van der Waals surface area (Å²) < 4.78 is 6.03. The summed E-state index contributed by atoms with van der Waals surface area (Å²) in [6.07, 6.45) is 6.56. The average Bonchev–Trinajstić information content (AvgIpc) is 2.62. The van der Waals surface area contributed by atoms with Gasteiger partial charge in [-0.05, 0) is 25.0 Å². The second-order valence-corrected chi connectivity index (χ2v) is 5.93. The number of amides is 1. The Morgan fingerprint density at radius 3 is 2.79 bits per heavy atom. The van der Waals surface area contributed by atoms with Crippen molar-refractivity contribution in [3.05, 3.63) is 42.5 Å². The summed E-state index contributed by atoms with van der Waals surface area (Å²) in [6.45, 7) is 1.25. The number of aromatic nitrogens is 3. The lowest BCUT2D eigenvalue weighted by molar-refractivity contribution is 0.0523. The van der Waals surface area contributed by atoms with Crippen LogP contribution in [-0.4, -0.2) is 59.0 Å². The molecule has 7 heteroatoms. The maximum Gasteiger partial charge on any atom is 0.272 e. The maximum atomic E-state index is 12.5. The molecule has 0 aromatic carbocycles. The predicted octanol–water partition coefficient (Wildman–Crippen LogP) is 1.62. The highest BCUT2D eigenvalue weighted by Gasteiger charge is 2.27. The van der Waals surface area contributed by atoms with Crippen LogP contribution in [0, 0.1) is 0 Å². The number of carbonyl (C=O) groups excluding carboxylic acids is 1. The van der Waals surface area contributed by atoms with Crippen molar-refractivity contribution >= 4 is 11.7 Å². The molecular weight excluding hydrogens is 306 g/mol. The molecule has 3 rings (SSSR count). The summed E-state index contributed by atoms with van der Waals surface area (Å²) in [5, 5.41) is 0. The number of carbonyl (C=O) groups is 1. The number of hydrogen-bond donors (Lipinski definition) is 0. The Kier molecular flexibility index (Phi) is 4.88. The number of pyridine rings is 1. The van der Waals surface area contributed by atoms with Gasteiger partial charge in [-0.25, -0.2) is 9.97 Å². The minimum absolute atomic E-state index is 0.0594. The van der Waals surface area contributed by atoms with E-state index >= 15 is 0 Å². The lowest BCUT2D eigenvalue weighted by Crippen LogP contribution is -2.44. The Labute approximate surface area is 141 Å². The van der Waals surface area contributed by atoms with E-state index in [1.807, 2.05) is 25.1 Å². The van der Waals surface area contributed by atoms with Gasteiger partial charge in [0.05, 0.1) is 6.54 Å². The summed E-state index contributed by atoms with van der Waals surface area (Å²) in [4.78, 5) is 28.9. The number of piperidine rings is 1. The molecule has 0 radical (unpaired) electrons. The highest BCUT2D eigenvalue weighted by atomic mass is 16.5. The Bertz CT molecular complexity index is 692. The van der Waals surface area contributed by atoms with Gasteiger partial charge in [-0.2, -0.15) is 0 Å². The van der Waals surface area contributed by atoms with Crippen molar-refractivity contribution in [3.63, 3.8) is 0 Å². The summed E-state index contributed by atoms with van der Waals surface area (Å²) in [6, 6.07) is 5.36. The van der Waals surface area contributed by atoms with Crippen molar-refractivity contribution in [1.82, 2.24) is 19.9 Å². The average molecular weight is 327 g/mol. The first-order chi connectivity index (χ1) is 11.6. The molecule has 0 unspecified atom stereocenters. The van der Waals surface area contributed by atoms with Crippen LogP contribution in [0.25, 0.3) is 0 Å². The Morgan fingerprint density at radius 1 is 1.21 bits per heavy atom. The fourth-order valence-corrected chi connectivity index (χ4v) is 2.74. The minimum Gasteiger partial charge on any atom is -0.470 e. The Hall–Kier alpha value is -2.70. The zero-order chi connectivity index (χ0) is 16.9. The molecule has 1 atom stereocenters. The van der Waals surface area contributed by atoms with Crippen molar-refractivity contribution in [2.45, 2.75) is 18.9 Å². The third kappa shape index (κ3) is 3.61. The topological polar surface area (TPSA) is 71.5 Å². The highest BCUT2D eigenvalue weighted by molar-refractivity contribution is 5.92. The Morgan fingerprint density at radius 2 is 2.04 bits per heavy atom. The van der Waals surface area contributed by atoms with Gasteiger partial charge in [-0.1, -0.05) is 6.07 Å². The van der Waals surface area contributed by atoms with Gasteiger partial charge in [-0.3, -0.25) is 9.78 Å². The molecule has 0 saturated carbocycles. The van der Waals surface area contributed by atoms with Crippen LogP contribution < -0.4 is 9.64 Å². The molecule has 2 aromatic heterocycles. The molecule has 0 spiro atoms. The molecule has 2 aromatic rings. The first-order valence-electron chi connectivity index (χ1n) is 8.00. The minimum atomic E-state index is -0.0955. The standard InChI is InChI=1S/C17H21N5O2/c1-21(2)15-16(20-10-9-19-15)24-13-6-5-11-22(12-13)17(23)14-7-3-4-8-18-14/h3-4,7-10,13H,5-6,11-12H2,1-2H3/t13-/m1/s1. The summed E-state index contributed by atoms with van der Waals surface area (Å²) >= 11 is 0. The van der Waals surface area contributed by atoms with Crippen LogP contribution in [0.15, 0.2) is 36.8 Å². The van der Waals surface area contributed by atoms with Gasteiger partial charge >= 0.3 is 0 Å². The van der Waals surface area contributed by atoms with Gasteiger partial charge < -0.3 is 14.5 Å². The van der Waals surface area contributed by atoms with Crippen LogP contribution in [0.2, 0.25) is 0 Å². The van der Waals surface area contributed by atoms with Gasteiger partial charge in [0.2, 0.25) is 0 Å². The number of hydrogen-bond acceptors (Lipinski definition) is 6. The number of nitrogens with zero attached hydrogens (tertiary/aromatic N) is 5. The van der Waals surface area contributed by atoms with Crippen LogP contribution in [0.4, 0.5) is 5.82 Å². The monoisotopic (exact) mass is 327 g/mol. The van der Waals surface area contributed by atoms with E-state index in [4.69, 9.17) is 4.74 Å². The van der Waals surface area contributed by atoms with Gasteiger partial charge in [0.25, 0.3) is 11.8 Å². The second-order valence-electron chi connectivity index (χ2n) is 5.93. The molecule has 1 amide bonds. The Balaban J connectivity index is 1.69. The van der Waals surface area contributed by atoms with Gasteiger partial charge in [0.1, 0.15) is 11.8 Å². The van der Waals surface area contributed by atoms with Crippen molar-refractivity contribution in [2.75, 3.05) is 32.1 Å². The lowest BCUT2D eigenvalue weighted by atomic mass is 10.1. The van der Waals surface area contributed by atoms with E-state index in [1.165, 1.54) is 0 Å². The number of rotatable bonds is 4. The van der Waals surface area contributed by atoms with Crippen molar-refractivity contribution in [3.8, 4) is 5.88 Å². The lowest BCUT2D eigenvalue weighted by Gasteiger charge is -2.32. The van der Waals surface area contributed by atoms with Crippen LogP contribution in [0.5, 0.6) is 5.88 Å². The molecule has 3 heterocycles. The summed E-state index contributed by atoms with van der Waals surface area (Å²) in [7, 11) is 3.79. The SMILES string of the molecule is CN(C)c1nccnc1O[C@@H]1CCCN(C(=O)c2ccccn2)C1. The van der Waals surface area contributed by atoms with Crippen LogP contribution in [0.3, 0.4) is 0 Å². The molecular formula is C17H21N5O2. The quantitative estimate of drug-likeness (QED) is 0.850. The smallest absolute Gasteiger partial charge is 0.272 e. The third-order valence-electron chi connectivity index (χ3n) is 3.90. The maximum absolute atomic E-state index is 12.5. The second kappa shape index (κ2) is 7.25. The number of likely N-dealkylation sites (tertiary alicyclic amines) is 1. The summed E-state index contributed by atoms with van der Waals surface area (Å²) in [5.41, 5.74) is 0.464. The van der Waals surface area contributed by atoms with E-state index in [0.29, 0.717) is 23.9 Å². The van der Waals surface area contributed by atoms with Gasteiger partial charge in [0, 0.05) is 39.2 Å². The van der Waals surface area contributed by atoms with Crippen molar-refractivity contribution < 1.29 is 9.53 Å². The van der Waals surface area contributed by atoms with Crippen molar-refractivity contribution in [2.24, 2.45) is 0 Å². The molecule has 1 saturated heterocycles. The van der Waals surface area contributed by atoms with E-state index in [0.717, 1.165) is 19.4 Å². The van der Waals surface area contributed by atoms with Gasteiger partial charge in [0.15, 0.2) is 5.82 Å². The molecule has 126 valence electrons. The molecule has 0 aliphatic carbocycles. The number of ether oxygens (including phenoxy) is 1. The van der Waals surface area contributed by atoms with Crippen LogP contribution in [0.1, 0.15) is 23.3 Å². The zero-order valence-electron chi connectivity index (χ0n) is 13.9. The molecule has 1 aliphatic heterocycles. The van der Waals surface area contributed by atoms with Crippen LogP contribution in [-0.2, 0) is 0 Å². The third-order valence-corrected chi connectivity index (χ3v) is 3.90. The van der Waals surface area contributed by atoms with E-state index in [2.05, 4.69) is 15.0 Å². The van der Waals surface area contributed by atoms with Crippen molar-refractivity contribution in [1.29, 1.82) is 0 Å². The molecule has 0 N–H and O–H groups in total. The largest absolute Gasteiger partial charge is 0.470 e. The first kappa shape index (κ1) is 16.2. The highest BCUT2D eigenvalue weighted by Crippen LogP contribution is 2.24. The van der Waals surface area contributed by atoms with Gasteiger partial charge in [-0.15, -0.1) is 0 Å².